The van der Waals surface area contributed by atoms with E-state index in [0.717, 1.165) is 29.3 Å². The standard InChI is InChI=1S/C41H32N6/c1-27-26-32-31-19-9-11-21-34(31)47-39-38(42-24-25-43-39)45(29-16-6-3-7-17-29)41(47)37(32)40-44(28-14-4-2-5-15-28)35-22-12-13-23-36(35)46(40)33-20-10-8-18-30(27)33/h2-25,32,37,40-41H,1,26H2. The van der Waals surface area contributed by atoms with Crippen LogP contribution in [-0.2, 0) is 0 Å². The maximum Gasteiger partial charge on any atom is 0.178 e. The largest absolute Gasteiger partial charge is 0.318 e. The molecular weight excluding hydrogens is 576 g/mol. The van der Waals surface area contributed by atoms with Gasteiger partial charge in [-0.2, -0.15) is 0 Å². The zero-order valence-corrected chi connectivity index (χ0v) is 25.8. The van der Waals surface area contributed by atoms with Gasteiger partial charge in [0.05, 0.1) is 17.1 Å². The summed E-state index contributed by atoms with van der Waals surface area (Å²) in [6.07, 6.45) is 4.30. The van der Waals surface area contributed by atoms with Crippen LogP contribution in [0.25, 0.3) is 5.57 Å². The Kier molecular flexibility index (Phi) is 5.64. The molecule has 0 saturated carbocycles. The van der Waals surface area contributed by atoms with Gasteiger partial charge in [0.25, 0.3) is 0 Å². The predicted molar refractivity (Wildman–Crippen MR) is 190 cm³/mol. The van der Waals surface area contributed by atoms with Gasteiger partial charge in [0.1, 0.15) is 12.3 Å². The van der Waals surface area contributed by atoms with Crippen molar-refractivity contribution in [3.05, 3.63) is 164 Å². The van der Waals surface area contributed by atoms with Crippen LogP contribution in [0.1, 0.15) is 23.5 Å². The van der Waals surface area contributed by atoms with E-state index in [1.54, 1.807) is 0 Å². The number of hydrogen-bond donors (Lipinski definition) is 0. The lowest BCUT2D eigenvalue weighted by Gasteiger charge is -2.53. The van der Waals surface area contributed by atoms with Crippen LogP contribution in [0.5, 0.6) is 0 Å². The van der Waals surface area contributed by atoms with E-state index in [2.05, 4.69) is 153 Å². The number of rotatable bonds is 2. The van der Waals surface area contributed by atoms with E-state index in [9.17, 15) is 0 Å². The van der Waals surface area contributed by atoms with E-state index < -0.39 is 0 Å². The van der Waals surface area contributed by atoms with E-state index in [4.69, 9.17) is 16.5 Å². The van der Waals surface area contributed by atoms with E-state index in [0.29, 0.717) is 0 Å². The summed E-state index contributed by atoms with van der Waals surface area (Å²) in [6.45, 7) is 4.78. The monoisotopic (exact) mass is 608 g/mol. The molecule has 6 heteroatoms. The molecule has 226 valence electrons. The summed E-state index contributed by atoms with van der Waals surface area (Å²) in [5.41, 5.74) is 10.7. The van der Waals surface area contributed by atoms with Gasteiger partial charge in [0.2, 0.25) is 0 Å². The second kappa shape index (κ2) is 10.1. The van der Waals surface area contributed by atoms with E-state index in [1.165, 1.54) is 39.6 Å². The Morgan fingerprint density at radius 2 is 1.00 bits per heavy atom. The molecule has 10 rings (SSSR count). The van der Waals surface area contributed by atoms with Crippen LogP contribution >= 0.6 is 0 Å². The Morgan fingerprint density at radius 3 is 1.70 bits per heavy atom. The third-order valence-electron chi connectivity index (χ3n) is 10.4. The van der Waals surface area contributed by atoms with Gasteiger partial charge in [-0.05, 0) is 66.1 Å². The minimum Gasteiger partial charge on any atom is -0.318 e. The van der Waals surface area contributed by atoms with Crippen molar-refractivity contribution in [1.29, 1.82) is 0 Å². The molecule has 1 aromatic heterocycles. The van der Waals surface area contributed by atoms with Crippen molar-refractivity contribution >= 4 is 51.3 Å². The van der Waals surface area contributed by atoms with Crippen molar-refractivity contribution in [3.63, 3.8) is 0 Å². The van der Waals surface area contributed by atoms with E-state index in [-0.39, 0.29) is 24.2 Å². The molecule has 0 N–H and O–H groups in total. The third kappa shape index (κ3) is 3.67. The van der Waals surface area contributed by atoms with Gasteiger partial charge in [-0.3, -0.25) is 0 Å². The third-order valence-corrected chi connectivity index (χ3v) is 10.4. The Balaban J connectivity index is 1.32. The number of benzene rings is 5. The van der Waals surface area contributed by atoms with Crippen molar-refractivity contribution < 1.29 is 0 Å². The Morgan fingerprint density at radius 1 is 0.489 bits per heavy atom. The van der Waals surface area contributed by atoms with Crippen molar-refractivity contribution in [2.75, 3.05) is 19.6 Å². The molecule has 0 bridgehead atoms. The van der Waals surface area contributed by atoms with Crippen molar-refractivity contribution in [1.82, 2.24) is 9.97 Å². The SMILES string of the molecule is C=C1CC2c3ccccc3N3c4nccnc4N(c4ccccc4)C3C2C2N(c3ccccc3)c3ccccc3N2c2ccccc21. The van der Waals surface area contributed by atoms with E-state index >= 15 is 0 Å². The Labute approximate surface area is 274 Å². The molecule has 4 aliphatic rings. The minimum atomic E-state index is -0.110. The van der Waals surface area contributed by atoms with Gasteiger partial charge in [-0.25, -0.2) is 9.97 Å². The zero-order valence-electron chi connectivity index (χ0n) is 25.8. The second-order valence-corrected chi connectivity index (χ2v) is 12.7. The normalized spacial score (nSPS) is 21.8. The van der Waals surface area contributed by atoms with Crippen molar-refractivity contribution in [2.45, 2.75) is 24.7 Å². The molecule has 6 aromatic rings. The molecule has 0 saturated heterocycles. The molecule has 0 amide bonds. The average molecular weight is 609 g/mol. The summed E-state index contributed by atoms with van der Waals surface area (Å²) in [7, 11) is 0. The molecule has 4 atom stereocenters. The molecule has 6 nitrogen and oxygen atoms in total. The molecule has 0 radical (unpaired) electrons. The highest BCUT2D eigenvalue weighted by Gasteiger charge is 2.58. The lowest BCUT2D eigenvalue weighted by Crippen LogP contribution is -2.60. The van der Waals surface area contributed by atoms with Crippen LogP contribution in [0, 0.1) is 5.92 Å². The van der Waals surface area contributed by atoms with Gasteiger partial charge < -0.3 is 19.6 Å². The highest BCUT2D eigenvalue weighted by Crippen LogP contribution is 2.62. The second-order valence-electron chi connectivity index (χ2n) is 12.7. The Hall–Kier alpha value is -5.88. The molecule has 0 aliphatic carbocycles. The first-order valence-corrected chi connectivity index (χ1v) is 16.3. The van der Waals surface area contributed by atoms with Gasteiger partial charge in [0.15, 0.2) is 11.6 Å². The lowest BCUT2D eigenvalue weighted by molar-refractivity contribution is 0.290. The van der Waals surface area contributed by atoms with Crippen LogP contribution < -0.4 is 19.6 Å². The maximum atomic E-state index is 5.03. The molecule has 5 heterocycles. The fraction of sp³-hybridized carbons (Fsp3) is 0.122. The Bertz CT molecular complexity index is 2160. The summed E-state index contributed by atoms with van der Waals surface area (Å²) >= 11 is 0. The summed E-state index contributed by atoms with van der Waals surface area (Å²) in [5, 5.41) is 0. The van der Waals surface area contributed by atoms with Gasteiger partial charge >= 0.3 is 0 Å². The number of nitrogens with zero attached hydrogens (tertiary/aromatic N) is 6. The molecular formula is C41H32N6. The highest BCUT2D eigenvalue weighted by atomic mass is 15.5. The smallest absolute Gasteiger partial charge is 0.178 e. The summed E-state index contributed by atoms with van der Waals surface area (Å²) in [5.74, 6) is 1.98. The first-order valence-electron chi connectivity index (χ1n) is 16.3. The minimum absolute atomic E-state index is 0.0545. The zero-order chi connectivity index (χ0) is 31.1. The molecule has 47 heavy (non-hydrogen) atoms. The number of hydrogen-bond acceptors (Lipinski definition) is 6. The van der Waals surface area contributed by atoms with Crippen LogP contribution in [-0.4, -0.2) is 22.3 Å². The highest BCUT2D eigenvalue weighted by molar-refractivity contribution is 5.94. The van der Waals surface area contributed by atoms with Gasteiger partial charge in [0, 0.05) is 46.9 Å². The van der Waals surface area contributed by atoms with Crippen molar-refractivity contribution in [3.8, 4) is 0 Å². The summed E-state index contributed by atoms with van der Waals surface area (Å²) < 4.78 is 0. The first-order chi connectivity index (χ1) is 23.3. The molecule has 4 unspecified atom stereocenters. The van der Waals surface area contributed by atoms with Gasteiger partial charge in [-0.15, -0.1) is 0 Å². The first kappa shape index (κ1) is 26.3. The maximum absolute atomic E-state index is 5.03. The average Bonchev–Trinajstić information content (AvgIpc) is 3.65. The lowest BCUT2D eigenvalue weighted by atomic mass is 9.71. The summed E-state index contributed by atoms with van der Waals surface area (Å²) in [6, 6.07) is 48.2. The fourth-order valence-electron chi connectivity index (χ4n) is 8.66. The van der Waals surface area contributed by atoms with E-state index in [1.807, 2.05) is 12.4 Å². The topological polar surface area (TPSA) is 38.7 Å². The number of para-hydroxylation sites is 6. The number of allylic oxidation sites excluding steroid dienone is 1. The molecule has 0 spiro atoms. The van der Waals surface area contributed by atoms with Crippen LogP contribution in [0.4, 0.5) is 45.8 Å². The molecule has 4 aliphatic heterocycles. The quantitative estimate of drug-likeness (QED) is 0.195. The van der Waals surface area contributed by atoms with Crippen LogP contribution in [0.15, 0.2) is 152 Å². The predicted octanol–water partition coefficient (Wildman–Crippen LogP) is 9.54. The molecule has 0 fully saturated rings. The molecule has 5 aromatic carbocycles. The van der Waals surface area contributed by atoms with Crippen LogP contribution in [0.3, 0.4) is 0 Å². The van der Waals surface area contributed by atoms with Gasteiger partial charge in [-0.1, -0.05) is 91.5 Å². The number of aromatic nitrogens is 2. The van der Waals surface area contributed by atoms with Crippen LogP contribution in [0.2, 0.25) is 0 Å². The van der Waals surface area contributed by atoms with Crippen molar-refractivity contribution in [2.24, 2.45) is 5.92 Å². The number of fused-ring (bicyclic) bond motifs is 14. The number of anilines is 8. The fourth-order valence-corrected chi connectivity index (χ4v) is 8.66. The summed E-state index contributed by atoms with van der Waals surface area (Å²) in [4.78, 5) is 20.1.